The standard InChI is InChI=1S/C15H13N3O4/c19-14(20)12-16-8-11-6-7-18(13(11)17-12)15(21)22-9-10-4-2-1-3-5-10/h1-5,8H,6-7,9H2,(H,19,20). The maximum Gasteiger partial charge on any atom is 0.415 e. The first-order chi connectivity index (χ1) is 10.6. The van der Waals surface area contributed by atoms with Crippen LogP contribution in [-0.4, -0.2) is 33.7 Å². The van der Waals surface area contributed by atoms with Crippen LogP contribution in [0.5, 0.6) is 0 Å². The molecule has 0 saturated carbocycles. The van der Waals surface area contributed by atoms with Gasteiger partial charge in [0.15, 0.2) is 0 Å². The van der Waals surface area contributed by atoms with Gasteiger partial charge in [0.2, 0.25) is 5.82 Å². The molecule has 112 valence electrons. The second kappa shape index (κ2) is 5.80. The zero-order valence-electron chi connectivity index (χ0n) is 11.6. The van der Waals surface area contributed by atoms with Crippen LogP contribution in [0.25, 0.3) is 0 Å². The van der Waals surface area contributed by atoms with Crippen LogP contribution >= 0.6 is 0 Å². The van der Waals surface area contributed by atoms with Gasteiger partial charge in [-0.1, -0.05) is 30.3 Å². The van der Waals surface area contributed by atoms with E-state index >= 15 is 0 Å². The maximum atomic E-state index is 12.2. The van der Waals surface area contributed by atoms with Gasteiger partial charge in [0.1, 0.15) is 12.4 Å². The molecule has 2 aromatic rings. The molecule has 7 heteroatoms. The van der Waals surface area contributed by atoms with Crippen LogP contribution in [0.15, 0.2) is 36.5 Å². The summed E-state index contributed by atoms with van der Waals surface area (Å²) in [5, 5.41) is 8.93. The fourth-order valence-corrected chi connectivity index (χ4v) is 2.22. The van der Waals surface area contributed by atoms with Crippen LogP contribution in [0.3, 0.4) is 0 Å². The molecule has 1 aromatic carbocycles. The highest BCUT2D eigenvalue weighted by molar-refractivity contribution is 5.90. The molecule has 0 aliphatic carbocycles. The topological polar surface area (TPSA) is 92.6 Å². The molecule has 1 amide bonds. The first kappa shape index (κ1) is 14.0. The van der Waals surface area contributed by atoms with E-state index in [1.807, 2.05) is 30.3 Å². The number of rotatable bonds is 3. The number of amides is 1. The lowest BCUT2D eigenvalue weighted by molar-refractivity contribution is 0.0683. The molecule has 0 radical (unpaired) electrons. The highest BCUT2D eigenvalue weighted by Gasteiger charge is 2.29. The third-order valence-corrected chi connectivity index (χ3v) is 3.32. The Morgan fingerprint density at radius 3 is 2.77 bits per heavy atom. The molecule has 1 N–H and O–H groups in total. The van der Waals surface area contributed by atoms with Gasteiger partial charge in [0.05, 0.1) is 0 Å². The van der Waals surface area contributed by atoms with Crippen molar-refractivity contribution in [2.75, 3.05) is 11.4 Å². The molecule has 0 spiro atoms. The number of anilines is 1. The zero-order chi connectivity index (χ0) is 15.5. The Kier molecular flexibility index (Phi) is 3.69. The van der Waals surface area contributed by atoms with E-state index in [-0.39, 0.29) is 12.4 Å². The van der Waals surface area contributed by atoms with Gasteiger partial charge in [-0.3, -0.25) is 4.90 Å². The predicted octanol–water partition coefficient (Wildman–Crippen LogP) is 1.87. The van der Waals surface area contributed by atoms with E-state index in [0.717, 1.165) is 11.1 Å². The maximum absolute atomic E-state index is 12.2. The minimum Gasteiger partial charge on any atom is -0.475 e. The summed E-state index contributed by atoms with van der Waals surface area (Å²) in [6, 6.07) is 9.32. The number of hydrogen-bond acceptors (Lipinski definition) is 5. The van der Waals surface area contributed by atoms with Crippen molar-refractivity contribution < 1.29 is 19.4 Å². The summed E-state index contributed by atoms with van der Waals surface area (Å²) in [6.45, 7) is 0.559. The van der Waals surface area contributed by atoms with Crippen molar-refractivity contribution in [3.63, 3.8) is 0 Å². The van der Waals surface area contributed by atoms with Crippen molar-refractivity contribution in [2.24, 2.45) is 0 Å². The Morgan fingerprint density at radius 1 is 1.27 bits per heavy atom. The molecular formula is C15H13N3O4. The van der Waals surface area contributed by atoms with Crippen molar-refractivity contribution >= 4 is 17.9 Å². The molecule has 2 heterocycles. The van der Waals surface area contributed by atoms with Crippen molar-refractivity contribution in [2.45, 2.75) is 13.0 Å². The van der Waals surface area contributed by atoms with E-state index in [4.69, 9.17) is 9.84 Å². The molecule has 3 rings (SSSR count). The van der Waals surface area contributed by atoms with Gasteiger partial charge in [-0.15, -0.1) is 0 Å². The largest absolute Gasteiger partial charge is 0.475 e. The van der Waals surface area contributed by atoms with Gasteiger partial charge in [-0.05, 0) is 12.0 Å². The van der Waals surface area contributed by atoms with E-state index in [2.05, 4.69) is 9.97 Å². The molecule has 1 aliphatic heterocycles. The third-order valence-electron chi connectivity index (χ3n) is 3.32. The second-order valence-electron chi connectivity index (χ2n) is 4.79. The highest BCUT2D eigenvalue weighted by atomic mass is 16.6. The molecule has 22 heavy (non-hydrogen) atoms. The number of nitrogens with zero attached hydrogens (tertiary/aromatic N) is 3. The van der Waals surface area contributed by atoms with Crippen LogP contribution in [0.1, 0.15) is 21.7 Å². The quantitative estimate of drug-likeness (QED) is 0.930. The van der Waals surface area contributed by atoms with Crippen molar-refractivity contribution in [3.8, 4) is 0 Å². The number of carbonyl (C=O) groups excluding carboxylic acids is 1. The van der Waals surface area contributed by atoms with E-state index in [1.54, 1.807) is 0 Å². The van der Waals surface area contributed by atoms with Crippen molar-refractivity contribution in [1.82, 2.24) is 9.97 Å². The Balaban J connectivity index is 1.73. The highest BCUT2D eigenvalue weighted by Crippen LogP contribution is 2.25. The average molecular weight is 299 g/mol. The number of aromatic carboxylic acids is 1. The monoisotopic (exact) mass is 299 g/mol. The molecule has 0 saturated heterocycles. The number of carboxylic acid groups (broad SMARTS) is 1. The molecule has 1 aromatic heterocycles. The molecule has 0 atom stereocenters. The summed E-state index contributed by atoms with van der Waals surface area (Å²) >= 11 is 0. The second-order valence-corrected chi connectivity index (χ2v) is 4.79. The fourth-order valence-electron chi connectivity index (χ4n) is 2.22. The number of benzene rings is 1. The van der Waals surface area contributed by atoms with E-state index in [9.17, 15) is 9.59 Å². The third kappa shape index (κ3) is 2.73. The number of fused-ring (bicyclic) bond motifs is 1. The molecule has 0 fully saturated rings. The van der Waals surface area contributed by atoms with Gasteiger partial charge < -0.3 is 9.84 Å². The predicted molar refractivity (Wildman–Crippen MR) is 76.7 cm³/mol. The van der Waals surface area contributed by atoms with E-state index in [0.29, 0.717) is 18.8 Å². The summed E-state index contributed by atoms with van der Waals surface area (Å²) in [6.07, 6.45) is 1.48. The summed E-state index contributed by atoms with van der Waals surface area (Å²) in [7, 11) is 0. The van der Waals surface area contributed by atoms with Crippen LogP contribution in [0.2, 0.25) is 0 Å². The van der Waals surface area contributed by atoms with Gasteiger partial charge in [0, 0.05) is 18.3 Å². The number of carbonyl (C=O) groups is 2. The lowest BCUT2D eigenvalue weighted by Gasteiger charge is -2.16. The van der Waals surface area contributed by atoms with Gasteiger partial charge in [-0.25, -0.2) is 19.6 Å². The molecule has 0 unspecified atom stereocenters. The number of ether oxygens (including phenoxy) is 1. The molecule has 1 aliphatic rings. The van der Waals surface area contributed by atoms with Crippen molar-refractivity contribution in [1.29, 1.82) is 0 Å². The molecule has 0 bridgehead atoms. The minimum absolute atomic E-state index is 0.155. The van der Waals surface area contributed by atoms with Crippen LogP contribution < -0.4 is 4.90 Å². The summed E-state index contributed by atoms with van der Waals surface area (Å²) in [4.78, 5) is 32.1. The lowest BCUT2D eigenvalue weighted by atomic mass is 10.2. The van der Waals surface area contributed by atoms with Gasteiger partial charge in [-0.2, -0.15) is 0 Å². The SMILES string of the molecule is O=C(O)c1ncc2c(n1)N(C(=O)OCc1ccccc1)CC2. The van der Waals surface area contributed by atoms with Crippen LogP contribution in [0, 0.1) is 0 Å². The smallest absolute Gasteiger partial charge is 0.415 e. The Morgan fingerprint density at radius 2 is 2.05 bits per heavy atom. The summed E-state index contributed by atoms with van der Waals surface area (Å²) < 4.78 is 5.25. The number of hydrogen-bond donors (Lipinski definition) is 1. The summed E-state index contributed by atoms with van der Waals surface area (Å²) in [5.41, 5.74) is 1.62. The normalized spacial score (nSPS) is 12.8. The van der Waals surface area contributed by atoms with E-state index < -0.39 is 12.1 Å². The molecule has 7 nitrogen and oxygen atoms in total. The van der Waals surface area contributed by atoms with Crippen LogP contribution in [0.4, 0.5) is 10.6 Å². The molecular weight excluding hydrogens is 286 g/mol. The summed E-state index contributed by atoms with van der Waals surface area (Å²) in [5.74, 6) is -1.25. The lowest BCUT2D eigenvalue weighted by Crippen LogP contribution is -2.30. The van der Waals surface area contributed by atoms with E-state index in [1.165, 1.54) is 11.1 Å². The fraction of sp³-hybridized carbons (Fsp3) is 0.200. The zero-order valence-corrected chi connectivity index (χ0v) is 11.6. The number of carboxylic acids is 1. The number of aromatic nitrogens is 2. The van der Waals surface area contributed by atoms with Crippen molar-refractivity contribution in [3.05, 3.63) is 53.5 Å². The first-order valence-corrected chi connectivity index (χ1v) is 6.72. The Bertz CT molecular complexity index is 718. The first-order valence-electron chi connectivity index (χ1n) is 6.72. The Labute approximate surface area is 126 Å². The minimum atomic E-state index is -1.23. The average Bonchev–Trinajstić information content (AvgIpc) is 2.96. The van der Waals surface area contributed by atoms with Gasteiger partial charge >= 0.3 is 12.1 Å². The van der Waals surface area contributed by atoms with Crippen LogP contribution in [-0.2, 0) is 17.8 Å². The Hall–Kier alpha value is -2.96. The van der Waals surface area contributed by atoms with Gasteiger partial charge in [0.25, 0.3) is 0 Å².